The summed E-state index contributed by atoms with van der Waals surface area (Å²) in [5.41, 5.74) is 3.79. The van der Waals surface area contributed by atoms with Gasteiger partial charge in [-0.25, -0.2) is 9.97 Å². The smallest absolute Gasteiger partial charge is 0.159 e. The van der Waals surface area contributed by atoms with Gasteiger partial charge in [0, 0.05) is 18.0 Å². The van der Waals surface area contributed by atoms with Crippen molar-refractivity contribution in [1.29, 1.82) is 0 Å². The van der Waals surface area contributed by atoms with Gasteiger partial charge in [-0.3, -0.25) is 0 Å². The highest BCUT2D eigenvalue weighted by Crippen LogP contribution is 2.32. The first-order valence-corrected chi connectivity index (χ1v) is 15.8. The van der Waals surface area contributed by atoms with E-state index in [0.717, 1.165) is 42.5 Å². The molecule has 1 saturated carbocycles. The predicted octanol–water partition coefficient (Wildman–Crippen LogP) is 10.7. The van der Waals surface area contributed by atoms with Crippen LogP contribution < -0.4 is 0 Å². The summed E-state index contributed by atoms with van der Waals surface area (Å²) in [6, 6.07) is 8.88. The fourth-order valence-electron chi connectivity index (χ4n) is 5.81. The monoisotopic (exact) mass is 502 g/mol. The molecule has 0 N–H and O–H groups in total. The molecule has 0 amide bonds. The van der Waals surface area contributed by atoms with Gasteiger partial charge in [0.15, 0.2) is 5.82 Å². The first-order valence-electron chi connectivity index (χ1n) is 15.8. The van der Waals surface area contributed by atoms with Crippen molar-refractivity contribution in [3.63, 3.8) is 0 Å². The van der Waals surface area contributed by atoms with Crippen molar-refractivity contribution in [3.8, 4) is 11.4 Å². The molecule has 1 aromatic heterocycles. The number of unbranched alkanes of at least 4 members (excludes halogenated alkanes) is 9. The molecule has 3 rings (SSSR count). The Kier molecular flexibility index (Phi) is 14.7. The zero-order valence-corrected chi connectivity index (χ0v) is 24.1. The van der Waals surface area contributed by atoms with E-state index in [4.69, 9.17) is 0 Å². The van der Waals surface area contributed by atoms with Gasteiger partial charge in [0.1, 0.15) is 0 Å². The number of hydrogen-bond acceptors (Lipinski definition) is 2. The van der Waals surface area contributed by atoms with Crippen LogP contribution >= 0.6 is 0 Å². The average Bonchev–Trinajstić information content (AvgIpc) is 2.94. The standard InChI is InChI=1S/C35H54N2/c1-3-5-7-8-9-10-11-13-19-33-28-36-35(37-29-33)34-26-24-32(25-27-34)18-15-14-17-31-22-20-30(21-23-31)16-12-6-4-2/h14,17,24-31H,3-13,15-16,18-23H2,1-2H3. The summed E-state index contributed by atoms with van der Waals surface area (Å²) in [5, 5.41) is 0. The van der Waals surface area contributed by atoms with Gasteiger partial charge < -0.3 is 0 Å². The fraction of sp³-hybridized carbons (Fsp3) is 0.657. The van der Waals surface area contributed by atoms with Crippen molar-refractivity contribution in [2.75, 3.05) is 0 Å². The Hall–Kier alpha value is -1.96. The van der Waals surface area contributed by atoms with Crippen molar-refractivity contribution in [1.82, 2.24) is 9.97 Å². The van der Waals surface area contributed by atoms with Crippen LogP contribution in [-0.4, -0.2) is 9.97 Å². The van der Waals surface area contributed by atoms with Gasteiger partial charge in [-0.1, -0.05) is 121 Å². The minimum absolute atomic E-state index is 0.820. The largest absolute Gasteiger partial charge is 0.236 e. The molecule has 2 heteroatoms. The molecule has 2 nitrogen and oxygen atoms in total. The highest BCUT2D eigenvalue weighted by molar-refractivity contribution is 5.55. The normalized spacial score (nSPS) is 18.0. The van der Waals surface area contributed by atoms with Gasteiger partial charge in [0.25, 0.3) is 0 Å². The second-order valence-electron chi connectivity index (χ2n) is 11.6. The van der Waals surface area contributed by atoms with Crippen LogP contribution in [0.25, 0.3) is 11.4 Å². The predicted molar refractivity (Wildman–Crippen MR) is 161 cm³/mol. The van der Waals surface area contributed by atoms with E-state index in [1.165, 1.54) is 114 Å². The molecule has 1 aliphatic carbocycles. The lowest BCUT2D eigenvalue weighted by Gasteiger charge is -2.26. The summed E-state index contributed by atoms with van der Waals surface area (Å²) in [6.45, 7) is 4.59. The van der Waals surface area contributed by atoms with Crippen LogP contribution in [0.3, 0.4) is 0 Å². The number of benzene rings is 1. The van der Waals surface area contributed by atoms with Crippen LogP contribution in [0.2, 0.25) is 0 Å². The van der Waals surface area contributed by atoms with E-state index in [9.17, 15) is 0 Å². The van der Waals surface area contributed by atoms with Crippen LogP contribution in [0, 0.1) is 11.8 Å². The zero-order chi connectivity index (χ0) is 26.0. The van der Waals surface area contributed by atoms with Crippen molar-refractivity contribution in [2.24, 2.45) is 11.8 Å². The Morgan fingerprint density at radius 2 is 1.30 bits per heavy atom. The molecule has 37 heavy (non-hydrogen) atoms. The van der Waals surface area contributed by atoms with E-state index in [-0.39, 0.29) is 0 Å². The van der Waals surface area contributed by atoms with Gasteiger partial charge in [0.05, 0.1) is 0 Å². The minimum Gasteiger partial charge on any atom is -0.236 e. The summed E-state index contributed by atoms with van der Waals surface area (Å²) in [5.74, 6) is 2.67. The highest BCUT2D eigenvalue weighted by Gasteiger charge is 2.18. The van der Waals surface area contributed by atoms with Gasteiger partial charge in [0.2, 0.25) is 0 Å². The molecule has 0 saturated heterocycles. The lowest BCUT2D eigenvalue weighted by atomic mass is 9.79. The van der Waals surface area contributed by atoms with Crippen LogP contribution in [0.15, 0.2) is 48.8 Å². The lowest BCUT2D eigenvalue weighted by Crippen LogP contribution is -2.13. The molecule has 1 aromatic carbocycles. The maximum Gasteiger partial charge on any atom is 0.159 e. The van der Waals surface area contributed by atoms with Crippen molar-refractivity contribution in [2.45, 2.75) is 136 Å². The molecule has 0 unspecified atom stereocenters. The molecule has 204 valence electrons. The van der Waals surface area contributed by atoms with Crippen LogP contribution in [0.1, 0.15) is 134 Å². The molecule has 0 atom stereocenters. The Morgan fingerprint density at radius 3 is 1.97 bits per heavy atom. The molecule has 1 aliphatic rings. The third-order valence-electron chi connectivity index (χ3n) is 8.35. The third kappa shape index (κ3) is 12.0. The second-order valence-corrected chi connectivity index (χ2v) is 11.6. The average molecular weight is 503 g/mol. The van der Waals surface area contributed by atoms with Crippen molar-refractivity contribution >= 4 is 0 Å². The summed E-state index contributed by atoms with van der Waals surface area (Å²) in [6.07, 6.45) is 34.6. The quantitative estimate of drug-likeness (QED) is 0.150. The first kappa shape index (κ1) is 29.6. The van der Waals surface area contributed by atoms with E-state index < -0.39 is 0 Å². The van der Waals surface area contributed by atoms with Crippen molar-refractivity contribution in [3.05, 3.63) is 59.9 Å². The molecule has 0 radical (unpaired) electrons. The minimum atomic E-state index is 0.820. The second kappa shape index (κ2) is 18.3. The molecule has 1 fully saturated rings. The van der Waals surface area contributed by atoms with E-state index in [1.807, 2.05) is 12.4 Å². The Labute approximate surface area is 228 Å². The number of nitrogens with zero attached hydrogens (tertiary/aromatic N) is 2. The van der Waals surface area contributed by atoms with Gasteiger partial charge in [-0.05, 0) is 74.3 Å². The van der Waals surface area contributed by atoms with Gasteiger partial charge in [-0.2, -0.15) is 0 Å². The summed E-state index contributed by atoms with van der Waals surface area (Å²) >= 11 is 0. The number of aryl methyl sites for hydroxylation is 2. The van der Waals surface area contributed by atoms with E-state index >= 15 is 0 Å². The maximum absolute atomic E-state index is 4.66. The van der Waals surface area contributed by atoms with Crippen LogP contribution in [-0.2, 0) is 12.8 Å². The summed E-state index contributed by atoms with van der Waals surface area (Å²) in [4.78, 5) is 9.32. The molecule has 1 heterocycles. The molecule has 0 bridgehead atoms. The topological polar surface area (TPSA) is 25.8 Å². The SMILES string of the molecule is CCCCCCCCCCc1cnc(-c2ccc(CCC=CC3CCC(CCCCC)CC3)cc2)nc1. The van der Waals surface area contributed by atoms with Crippen molar-refractivity contribution < 1.29 is 0 Å². The Morgan fingerprint density at radius 1 is 0.676 bits per heavy atom. The molecule has 0 spiro atoms. The number of rotatable bonds is 18. The summed E-state index contributed by atoms with van der Waals surface area (Å²) in [7, 11) is 0. The van der Waals surface area contributed by atoms with Gasteiger partial charge in [-0.15, -0.1) is 0 Å². The molecular formula is C35H54N2. The fourth-order valence-corrected chi connectivity index (χ4v) is 5.81. The summed E-state index contributed by atoms with van der Waals surface area (Å²) < 4.78 is 0. The van der Waals surface area contributed by atoms with E-state index in [2.05, 4.69) is 60.2 Å². The maximum atomic E-state index is 4.66. The lowest BCUT2D eigenvalue weighted by molar-refractivity contribution is 0.289. The van der Waals surface area contributed by atoms with Gasteiger partial charge >= 0.3 is 0 Å². The van der Waals surface area contributed by atoms with E-state index in [1.54, 1.807) is 0 Å². The zero-order valence-electron chi connectivity index (χ0n) is 24.1. The third-order valence-corrected chi connectivity index (χ3v) is 8.35. The Balaban J connectivity index is 1.30. The number of hydrogen-bond donors (Lipinski definition) is 0. The first-order chi connectivity index (χ1) is 18.3. The van der Waals surface area contributed by atoms with Crippen LogP contribution in [0.5, 0.6) is 0 Å². The molecule has 2 aromatic rings. The van der Waals surface area contributed by atoms with E-state index in [0.29, 0.717) is 0 Å². The number of allylic oxidation sites excluding steroid dienone is 2. The number of aromatic nitrogens is 2. The molecule has 0 aliphatic heterocycles. The highest BCUT2D eigenvalue weighted by atomic mass is 14.9. The molecular weight excluding hydrogens is 448 g/mol. The van der Waals surface area contributed by atoms with Crippen LogP contribution in [0.4, 0.5) is 0 Å². The Bertz CT molecular complexity index is 844.